The van der Waals surface area contributed by atoms with Gasteiger partial charge in [0.2, 0.25) is 0 Å². The molecule has 0 aliphatic heterocycles. The molecule has 0 fully saturated rings. The minimum Gasteiger partial charge on any atom is -0.497 e. The van der Waals surface area contributed by atoms with Gasteiger partial charge in [-0.2, -0.15) is 0 Å². The number of rotatable bonds is 13. The third-order valence-electron chi connectivity index (χ3n) is 3.73. The van der Waals surface area contributed by atoms with Gasteiger partial charge in [-0.25, -0.2) is 0 Å². The normalized spacial score (nSPS) is 10.9. The van der Waals surface area contributed by atoms with Gasteiger partial charge in [0, 0.05) is 25.6 Å². The molecule has 1 N–H and O–H groups in total. The fourth-order valence-corrected chi connectivity index (χ4v) is 2.08. The molecule has 0 heterocycles. The maximum atomic E-state index is 5.12. The number of ether oxygens (including phenoxy) is 2. The van der Waals surface area contributed by atoms with Crippen LogP contribution in [0.5, 0.6) is 0 Å². The molecule has 0 spiro atoms. The summed E-state index contributed by atoms with van der Waals surface area (Å²) in [6.07, 6.45) is 14.1. The monoisotopic (exact) mass is 466 g/mol. The van der Waals surface area contributed by atoms with Gasteiger partial charge in [0.1, 0.15) is 5.76 Å². The number of hydrogen-bond donors (Lipinski definition) is 1. The lowest BCUT2D eigenvalue weighted by molar-refractivity contribution is 0.149. The van der Waals surface area contributed by atoms with Crippen molar-refractivity contribution in [2.45, 2.75) is 88.0 Å². The Labute approximate surface area is 208 Å². The predicted molar refractivity (Wildman–Crippen MR) is 154 cm³/mol. The van der Waals surface area contributed by atoms with Crippen molar-refractivity contribution < 1.29 is 9.47 Å². The molecule has 0 atom stereocenters. The van der Waals surface area contributed by atoms with E-state index >= 15 is 0 Å². The Balaban J connectivity index is -0.000000111. The second kappa shape index (κ2) is 43.9. The van der Waals surface area contributed by atoms with E-state index < -0.39 is 0 Å². The molecular formula is C29H58N2O2. The summed E-state index contributed by atoms with van der Waals surface area (Å²) in [5.41, 5.74) is 2.62. The zero-order valence-electron chi connectivity index (χ0n) is 23.9. The topological polar surface area (TPSA) is 42.8 Å². The largest absolute Gasteiger partial charge is 0.497 e. The summed E-state index contributed by atoms with van der Waals surface area (Å²) in [4.78, 5) is 3.88. The van der Waals surface area contributed by atoms with E-state index in [-0.39, 0.29) is 0 Å². The average Bonchev–Trinajstić information content (AvgIpc) is 2.86. The molecule has 0 radical (unpaired) electrons. The fraction of sp³-hybridized carbons (Fsp3) is 0.621. The van der Waals surface area contributed by atoms with Crippen molar-refractivity contribution in [1.29, 1.82) is 0 Å². The number of methoxy groups -OCH3 is 1. The number of hydrogen-bond acceptors (Lipinski definition) is 4. The van der Waals surface area contributed by atoms with Crippen molar-refractivity contribution in [2.24, 2.45) is 4.99 Å². The van der Waals surface area contributed by atoms with Gasteiger partial charge in [-0.05, 0) is 71.2 Å². The molecule has 4 heteroatoms. The van der Waals surface area contributed by atoms with Gasteiger partial charge in [-0.15, -0.1) is 13.2 Å². The van der Waals surface area contributed by atoms with Crippen molar-refractivity contribution in [2.75, 3.05) is 33.4 Å². The molecule has 33 heavy (non-hydrogen) atoms. The van der Waals surface area contributed by atoms with Crippen LogP contribution in [0.3, 0.4) is 0 Å². The van der Waals surface area contributed by atoms with Crippen LogP contribution in [0.2, 0.25) is 0 Å². The lowest BCUT2D eigenvalue weighted by Crippen LogP contribution is -2.20. The van der Waals surface area contributed by atoms with Crippen LogP contribution in [0.15, 0.2) is 66.1 Å². The highest BCUT2D eigenvalue weighted by Crippen LogP contribution is 2.08. The molecule has 0 saturated heterocycles. The zero-order valence-corrected chi connectivity index (χ0v) is 23.9. The van der Waals surface area contributed by atoms with Gasteiger partial charge >= 0.3 is 0 Å². The summed E-state index contributed by atoms with van der Waals surface area (Å²) in [5.74, 6) is 0.955. The van der Waals surface area contributed by atoms with E-state index in [4.69, 9.17) is 9.47 Å². The van der Waals surface area contributed by atoms with Crippen molar-refractivity contribution in [3.63, 3.8) is 0 Å². The average molecular weight is 467 g/mol. The smallest absolute Gasteiger partial charge is 0.114 e. The lowest BCUT2D eigenvalue weighted by Gasteiger charge is -2.01. The summed E-state index contributed by atoms with van der Waals surface area (Å²) in [5, 5.41) is 3.24. The summed E-state index contributed by atoms with van der Waals surface area (Å²) >= 11 is 0. The summed E-state index contributed by atoms with van der Waals surface area (Å²) in [6.45, 7) is 31.8. The van der Waals surface area contributed by atoms with E-state index in [9.17, 15) is 0 Å². The first-order valence-electron chi connectivity index (χ1n) is 12.5. The van der Waals surface area contributed by atoms with Crippen LogP contribution in [-0.4, -0.2) is 39.6 Å². The van der Waals surface area contributed by atoms with E-state index in [0.29, 0.717) is 0 Å². The molecule has 0 bridgehead atoms. The van der Waals surface area contributed by atoms with E-state index in [0.717, 1.165) is 44.9 Å². The van der Waals surface area contributed by atoms with Gasteiger partial charge < -0.3 is 14.8 Å². The van der Waals surface area contributed by atoms with Crippen LogP contribution < -0.4 is 5.32 Å². The second-order valence-electron chi connectivity index (χ2n) is 6.26. The van der Waals surface area contributed by atoms with Gasteiger partial charge in [0.25, 0.3) is 0 Å². The highest BCUT2D eigenvalue weighted by molar-refractivity contribution is 5.78. The third-order valence-corrected chi connectivity index (χ3v) is 3.73. The Morgan fingerprint density at radius 3 is 1.94 bits per heavy atom. The van der Waals surface area contributed by atoms with Crippen molar-refractivity contribution in [3.05, 3.63) is 61.1 Å². The highest BCUT2D eigenvalue weighted by Gasteiger charge is 1.90. The van der Waals surface area contributed by atoms with E-state index in [1.165, 1.54) is 24.0 Å². The standard InChI is InChI=1S/C10H18O.C8H13N.C7H17NO.C2H6.C2H4/c1-5-7-9(3)8-10(6-2)11-4;1-4-8(5-2)7-9-6-3;1-3-5-8-6-7-9-4-2;2*1-2/h6,8H,5,7H2,1-4H3;4,6-7H,3,5H2,1-2H3;8H,3-7H2,1-2H3;1-2H3;1-2H2/b9-8+,10-6+;8-4-,9-7?;;;. The number of aliphatic imine (C=N–C) groups is 1. The molecule has 0 unspecified atom stereocenters. The van der Waals surface area contributed by atoms with Crippen molar-refractivity contribution in [1.82, 2.24) is 5.32 Å². The third kappa shape index (κ3) is 44.5. The molecule has 0 aliphatic carbocycles. The molecule has 0 aromatic carbocycles. The molecule has 0 rings (SSSR count). The van der Waals surface area contributed by atoms with Gasteiger partial charge in [-0.1, -0.05) is 59.3 Å². The SMILES string of the molecule is C/C=C(\C=C(/C)CCC)OC.C=C.C=CN=C/C(=C\C)CC.CC.CCCNCCOCC. The number of allylic oxidation sites excluding steroid dienone is 5. The molecule has 0 amide bonds. The Hall–Kier alpha value is -1.91. The summed E-state index contributed by atoms with van der Waals surface area (Å²) in [7, 11) is 1.70. The Kier molecular flexibility index (Phi) is 55.0. The van der Waals surface area contributed by atoms with E-state index in [2.05, 4.69) is 63.8 Å². The van der Waals surface area contributed by atoms with Gasteiger partial charge in [-0.3, -0.25) is 4.99 Å². The molecule has 0 aromatic rings. The quantitative estimate of drug-likeness (QED) is 0.0970. The highest BCUT2D eigenvalue weighted by atomic mass is 16.5. The summed E-state index contributed by atoms with van der Waals surface area (Å²) < 4.78 is 10.2. The lowest BCUT2D eigenvalue weighted by atomic mass is 10.1. The number of nitrogens with zero attached hydrogens (tertiary/aromatic N) is 1. The zero-order chi connectivity index (χ0) is 26.8. The molecule has 0 aromatic heterocycles. The van der Waals surface area contributed by atoms with Crippen molar-refractivity contribution in [3.8, 4) is 0 Å². The van der Waals surface area contributed by atoms with Crippen LogP contribution in [0, 0.1) is 0 Å². The molecule has 4 nitrogen and oxygen atoms in total. The van der Waals surface area contributed by atoms with Crippen LogP contribution in [0.25, 0.3) is 0 Å². The minimum absolute atomic E-state index is 0.827. The Morgan fingerprint density at radius 1 is 0.970 bits per heavy atom. The van der Waals surface area contributed by atoms with Crippen LogP contribution in [-0.2, 0) is 9.47 Å². The van der Waals surface area contributed by atoms with Gasteiger partial charge in [0.15, 0.2) is 0 Å². The van der Waals surface area contributed by atoms with E-state index in [1.807, 2.05) is 53.0 Å². The summed E-state index contributed by atoms with van der Waals surface area (Å²) in [6, 6.07) is 0. The minimum atomic E-state index is 0.827. The molecule has 0 saturated carbocycles. The maximum absolute atomic E-state index is 5.12. The second-order valence-corrected chi connectivity index (χ2v) is 6.26. The Bertz CT molecular complexity index is 472. The fourth-order valence-electron chi connectivity index (χ4n) is 2.08. The first-order chi connectivity index (χ1) is 16.0. The van der Waals surface area contributed by atoms with Crippen LogP contribution >= 0.6 is 0 Å². The Morgan fingerprint density at radius 2 is 1.58 bits per heavy atom. The van der Waals surface area contributed by atoms with Crippen LogP contribution in [0.4, 0.5) is 0 Å². The predicted octanol–water partition coefficient (Wildman–Crippen LogP) is 8.69. The van der Waals surface area contributed by atoms with Crippen molar-refractivity contribution >= 4 is 6.21 Å². The first kappa shape index (κ1) is 41.4. The van der Waals surface area contributed by atoms with Crippen LogP contribution in [0.1, 0.15) is 88.0 Å². The first-order valence-corrected chi connectivity index (χ1v) is 12.5. The maximum Gasteiger partial charge on any atom is 0.114 e. The van der Waals surface area contributed by atoms with E-state index in [1.54, 1.807) is 13.3 Å². The molecule has 196 valence electrons. The molecular weight excluding hydrogens is 408 g/mol. The molecule has 0 aliphatic rings. The number of nitrogens with one attached hydrogen (secondary N) is 1. The van der Waals surface area contributed by atoms with Gasteiger partial charge in [0.05, 0.1) is 13.7 Å².